The summed E-state index contributed by atoms with van der Waals surface area (Å²) in [4.78, 5) is 17.6. The van der Waals surface area contributed by atoms with E-state index >= 15 is 0 Å². The van der Waals surface area contributed by atoms with Gasteiger partial charge in [0, 0.05) is 30.8 Å². The lowest BCUT2D eigenvalue weighted by Gasteiger charge is -2.17. The van der Waals surface area contributed by atoms with Crippen molar-refractivity contribution in [2.24, 2.45) is 0 Å². The Morgan fingerprint density at radius 2 is 2.23 bits per heavy atom. The van der Waals surface area contributed by atoms with Gasteiger partial charge in [-0.1, -0.05) is 11.6 Å². The first-order chi connectivity index (χ1) is 10.5. The normalized spacial score (nSPS) is 14.0. The van der Waals surface area contributed by atoms with Crippen LogP contribution >= 0.6 is 11.6 Å². The zero-order valence-electron chi connectivity index (χ0n) is 12.0. The molecule has 0 aliphatic carbocycles. The van der Waals surface area contributed by atoms with Crippen LogP contribution in [0.5, 0.6) is 11.5 Å². The lowest BCUT2D eigenvalue weighted by Crippen LogP contribution is -2.30. The maximum atomic E-state index is 11.6. The van der Waals surface area contributed by atoms with Gasteiger partial charge in [-0.2, -0.15) is 0 Å². The monoisotopic (exact) mass is 318 g/mol. The van der Waals surface area contributed by atoms with Crippen LogP contribution < -0.4 is 4.74 Å². The van der Waals surface area contributed by atoms with E-state index in [0.717, 1.165) is 11.1 Å². The molecule has 0 spiro atoms. The van der Waals surface area contributed by atoms with Crippen molar-refractivity contribution in [3.8, 4) is 22.8 Å². The fourth-order valence-corrected chi connectivity index (χ4v) is 2.57. The number of ether oxygens (including phenoxy) is 1. The van der Waals surface area contributed by atoms with Gasteiger partial charge in [0.2, 0.25) is 5.91 Å². The molecule has 3 rings (SSSR count). The van der Waals surface area contributed by atoms with Gasteiger partial charge >= 0.3 is 0 Å². The third-order valence-corrected chi connectivity index (χ3v) is 3.81. The average molecular weight is 319 g/mol. The van der Waals surface area contributed by atoms with Crippen LogP contribution in [-0.4, -0.2) is 34.0 Å². The standard InChI is InChI=1S/C16H15ClN2O3/c1-10(20)19-4-5-22-16-12(9-19)6-11(7-15(16)21)14-3-2-13(17)8-18-14/h2-3,6-8,21H,4-5,9H2,1H3. The van der Waals surface area contributed by atoms with Gasteiger partial charge in [0.05, 0.1) is 17.3 Å². The third kappa shape index (κ3) is 2.85. The number of benzene rings is 1. The molecule has 114 valence electrons. The van der Waals surface area contributed by atoms with Crippen LogP contribution in [0.25, 0.3) is 11.3 Å². The molecule has 22 heavy (non-hydrogen) atoms. The highest BCUT2D eigenvalue weighted by Crippen LogP contribution is 2.37. The summed E-state index contributed by atoms with van der Waals surface area (Å²) >= 11 is 5.85. The Labute approximate surface area is 133 Å². The Morgan fingerprint density at radius 1 is 1.41 bits per heavy atom. The molecule has 1 amide bonds. The Kier molecular flexibility index (Phi) is 3.90. The second-order valence-electron chi connectivity index (χ2n) is 5.13. The van der Waals surface area contributed by atoms with Crippen LogP contribution in [0.4, 0.5) is 0 Å². The van der Waals surface area contributed by atoms with Gasteiger partial charge in [-0.3, -0.25) is 9.78 Å². The van der Waals surface area contributed by atoms with Crippen LogP contribution in [0.3, 0.4) is 0 Å². The molecule has 6 heteroatoms. The highest BCUT2D eigenvalue weighted by atomic mass is 35.5. The van der Waals surface area contributed by atoms with Gasteiger partial charge in [-0.25, -0.2) is 0 Å². The summed E-state index contributed by atoms with van der Waals surface area (Å²) in [6.07, 6.45) is 1.55. The van der Waals surface area contributed by atoms with Crippen molar-refractivity contribution in [1.29, 1.82) is 0 Å². The SMILES string of the molecule is CC(=O)N1CCOc2c(O)cc(-c3ccc(Cl)cn3)cc2C1. The molecule has 5 nitrogen and oxygen atoms in total. The molecule has 0 saturated carbocycles. The minimum Gasteiger partial charge on any atom is -0.504 e. The quantitative estimate of drug-likeness (QED) is 0.878. The number of fused-ring (bicyclic) bond motifs is 1. The zero-order valence-corrected chi connectivity index (χ0v) is 12.8. The minimum absolute atomic E-state index is 0.0223. The number of hydrogen-bond acceptors (Lipinski definition) is 4. The fourth-order valence-electron chi connectivity index (χ4n) is 2.46. The maximum Gasteiger partial charge on any atom is 0.219 e. The smallest absolute Gasteiger partial charge is 0.219 e. The lowest BCUT2D eigenvalue weighted by atomic mass is 10.0. The molecule has 1 aromatic heterocycles. The molecule has 0 bridgehead atoms. The summed E-state index contributed by atoms with van der Waals surface area (Å²) in [6, 6.07) is 7.01. The minimum atomic E-state index is -0.0223. The fraction of sp³-hybridized carbons (Fsp3) is 0.250. The van der Waals surface area contributed by atoms with Crippen molar-refractivity contribution in [2.45, 2.75) is 13.5 Å². The summed E-state index contributed by atoms with van der Waals surface area (Å²) in [7, 11) is 0. The van der Waals surface area contributed by atoms with Crippen molar-refractivity contribution in [2.75, 3.05) is 13.2 Å². The summed E-state index contributed by atoms with van der Waals surface area (Å²) in [6.45, 7) is 2.78. The van der Waals surface area contributed by atoms with E-state index in [4.69, 9.17) is 16.3 Å². The number of halogens is 1. The van der Waals surface area contributed by atoms with Crippen LogP contribution in [-0.2, 0) is 11.3 Å². The number of hydrogen-bond donors (Lipinski definition) is 1. The second-order valence-corrected chi connectivity index (χ2v) is 5.57. The van der Waals surface area contributed by atoms with Gasteiger partial charge < -0.3 is 14.7 Å². The number of rotatable bonds is 1. The average Bonchev–Trinajstić information content (AvgIpc) is 2.70. The molecule has 2 heterocycles. The van der Waals surface area contributed by atoms with Crippen molar-refractivity contribution in [1.82, 2.24) is 9.88 Å². The molecule has 0 atom stereocenters. The Morgan fingerprint density at radius 3 is 2.91 bits per heavy atom. The van der Waals surface area contributed by atoms with Crippen LogP contribution in [0.1, 0.15) is 12.5 Å². The molecule has 1 aliphatic rings. The Balaban J connectivity index is 2.03. The van der Waals surface area contributed by atoms with E-state index in [1.807, 2.05) is 6.07 Å². The van der Waals surface area contributed by atoms with Crippen molar-refractivity contribution in [3.05, 3.63) is 41.0 Å². The van der Waals surface area contributed by atoms with E-state index in [2.05, 4.69) is 4.98 Å². The molecule has 0 radical (unpaired) electrons. The summed E-state index contributed by atoms with van der Waals surface area (Å²) in [5, 5.41) is 10.8. The van der Waals surface area contributed by atoms with E-state index in [-0.39, 0.29) is 11.7 Å². The number of phenolic OH excluding ortho intramolecular Hbond substituents is 1. The molecule has 0 fully saturated rings. The highest BCUT2D eigenvalue weighted by molar-refractivity contribution is 6.30. The Bertz CT molecular complexity index is 716. The predicted octanol–water partition coefficient (Wildman–Crippen LogP) is 2.85. The van der Waals surface area contributed by atoms with Crippen molar-refractivity contribution >= 4 is 17.5 Å². The van der Waals surface area contributed by atoms with Gasteiger partial charge in [0.15, 0.2) is 11.5 Å². The summed E-state index contributed by atoms with van der Waals surface area (Å²) in [5.41, 5.74) is 2.21. The number of aromatic nitrogens is 1. The topological polar surface area (TPSA) is 62.7 Å². The van der Waals surface area contributed by atoms with E-state index in [1.54, 1.807) is 29.3 Å². The lowest BCUT2D eigenvalue weighted by molar-refractivity contribution is -0.129. The first kappa shape index (κ1) is 14.7. The number of carbonyl (C=O) groups is 1. The predicted molar refractivity (Wildman–Crippen MR) is 82.9 cm³/mol. The molecular formula is C16H15ClN2O3. The van der Waals surface area contributed by atoms with Crippen LogP contribution in [0.15, 0.2) is 30.5 Å². The van der Waals surface area contributed by atoms with Crippen molar-refractivity contribution in [3.63, 3.8) is 0 Å². The molecule has 1 N–H and O–H groups in total. The van der Waals surface area contributed by atoms with Crippen LogP contribution in [0.2, 0.25) is 5.02 Å². The van der Waals surface area contributed by atoms with E-state index in [9.17, 15) is 9.90 Å². The first-order valence-electron chi connectivity index (χ1n) is 6.90. The first-order valence-corrected chi connectivity index (χ1v) is 7.28. The van der Waals surface area contributed by atoms with E-state index in [1.165, 1.54) is 6.92 Å². The molecule has 1 aromatic carbocycles. The number of aromatic hydroxyl groups is 1. The molecular weight excluding hydrogens is 304 g/mol. The maximum absolute atomic E-state index is 11.6. The molecule has 0 unspecified atom stereocenters. The van der Waals surface area contributed by atoms with Gasteiger partial charge in [0.25, 0.3) is 0 Å². The van der Waals surface area contributed by atoms with Crippen LogP contribution in [0, 0.1) is 0 Å². The van der Waals surface area contributed by atoms with Crippen molar-refractivity contribution < 1.29 is 14.6 Å². The number of carbonyl (C=O) groups excluding carboxylic acids is 1. The van der Waals surface area contributed by atoms with Gasteiger partial charge in [-0.05, 0) is 24.3 Å². The van der Waals surface area contributed by atoms with Gasteiger partial charge in [0.1, 0.15) is 6.61 Å². The molecule has 1 aliphatic heterocycles. The second kappa shape index (κ2) is 5.85. The molecule has 0 saturated heterocycles. The molecule has 2 aromatic rings. The highest BCUT2D eigenvalue weighted by Gasteiger charge is 2.21. The van der Waals surface area contributed by atoms with E-state index < -0.39 is 0 Å². The van der Waals surface area contributed by atoms with E-state index in [0.29, 0.717) is 36.2 Å². The number of amides is 1. The number of phenols is 1. The zero-order chi connectivity index (χ0) is 15.7. The summed E-state index contributed by atoms with van der Waals surface area (Å²) in [5.74, 6) is 0.460. The summed E-state index contributed by atoms with van der Waals surface area (Å²) < 4.78 is 5.58. The third-order valence-electron chi connectivity index (χ3n) is 3.58. The van der Waals surface area contributed by atoms with Gasteiger partial charge in [-0.15, -0.1) is 0 Å². The Hall–Kier alpha value is -2.27. The number of nitrogens with zero attached hydrogens (tertiary/aromatic N) is 2. The largest absolute Gasteiger partial charge is 0.504 e. The number of pyridine rings is 1.